The molecule has 0 amide bonds. The lowest BCUT2D eigenvalue weighted by molar-refractivity contribution is -0.181. The fourth-order valence-corrected chi connectivity index (χ4v) is 3.78. The molecule has 0 radical (unpaired) electrons. The van der Waals surface area contributed by atoms with Crippen molar-refractivity contribution >= 4 is 5.69 Å². The summed E-state index contributed by atoms with van der Waals surface area (Å²) in [6, 6.07) is 11.1. The lowest BCUT2D eigenvalue weighted by atomic mass is 9.92. The highest BCUT2D eigenvalue weighted by Crippen LogP contribution is 2.35. The van der Waals surface area contributed by atoms with Crippen molar-refractivity contribution in [1.82, 2.24) is 0 Å². The molecule has 2 aliphatic rings. The molecule has 0 bridgehead atoms. The first-order valence-corrected chi connectivity index (χ1v) is 9.49. The van der Waals surface area contributed by atoms with E-state index < -0.39 is 24.4 Å². The molecule has 2 heterocycles. The first-order valence-electron chi connectivity index (χ1n) is 9.49. The number of phenols is 1. The van der Waals surface area contributed by atoms with Crippen LogP contribution in [0.3, 0.4) is 0 Å². The molecule has 0 saturated carbocycles. The van der Waals surface area contributed by atoms with Crippen molar-refractivity contribution in [2.75, 3.05) is 25.1 Å². The van der Waals surface area contributed by atoms with E-state index in [4.69, 9.17) is 9.47 Å². The molecule has 7 heteroatoms. The quantitative estimate of drug-likeness (QED) is 0.538. The van der Waals surface area contributed by atoms with Crippen molar-refractivity contribution in [2.24, 2.45) is 0 Å². The predicted octanol–water partition coefficient (Wildman–Crippen LogP) is 1.33. The Balaban J connectivity index is 1.56. The van der Waals surface area contributed by atoms with Gasteiger partial charge in [0, 0.05) is 19.4 Å². The number of aromatic hydroxyl groups is 1. The summed E-state index contributed by atoms with van der Waals surface area (Å²) >= 11 is 0. The van der Waals surface area contributed by atoms with E-state index in [1.165, 1.54) is 0 Å². The van der Waals surface area contributed by atoms with Gasteiger partial charge in [0.05, 0.1) is 24.5 Å². The monoisotopic (exact) mass is 387 g/mol. The molecule has 0 aliphatic carbocycles. The van der Waals surface area contributed by atoms with Crippen LogP contribution >= 0.6 is 0 Å². The number of fused-ring (bicyclic) bond motifs is 1. The first-order chi connectivity index (χ1) is 13.5. The van der Waals surface area contributed by atoms with Crippen LogP contribution in [0.1, 0.15) is 29.2 Å². The Bertz CT molecular complexity index is 842. The first kappa shape index (κ1) is 19.0. The summed E-state index contributed by atoms with van der Waals surface area (Å²) in [5.41, 5.74) is 3.49. The molecule has 2 aromatic carbocycles. The lowest BCUT2D eigenvalue weighted by Gasteiger charge is -2.36. The summed E-state index contributed by atoms with van der Waals surface area (Å²) in [5, 5.41) is 43.0. The maximum Gasteiger partial charge on any atom is 0.142 e. The van der Waals surface area contributed by atoms with E-state index in [2.05, 4.69) is 5.32 Å². The molecule has 5 N–H and O–H groups in total. The third-order valence-corrected chi connectivity index (χ3v) is 5.34. The van der Waals surface area contributed by atoms with E-state index in [-0.39, 0.29) is 18.8 Å². The molecule has 28 heavy (non-hydrogen) atoms. The molecule has 2 aliphatic heterocycles. The van der Waals surface area contributed by atoms with Crippen molar-refractivity contribution in [3.63, 3.8) is 0 Å². The maximum atomic E-state index is 10.3. The van der Waals surface area contributed by atoms with Gasteiger partial charge in [-0.25, -0.2) is 0 Å². The number of hydrogen-bond acceptors (Lipinski definition) is 7. The van der Waals surface area contributed by atoms with Gasteiger partial charge in [-0.2, -0.15) is 0 Å². The van der Waals surface area contributed by atoms with E-state index in [0.717, 1.165) is 34.7 Å². The molecule has 4 rings (SSSR count). The van der Waals surface area contributed by atoms with Crippen LogP contribution in [-0.2, 0) is 11.2 Å². The van der Waals surface area contributed by atoms with Crippen molar-refractivity contribution < 1.29 is 29.9 Å². The molecule has 4 unspecified atom stereocenters. The second kappa shape index (κ2) is 7.97. The van der Waals surface area contributed by atoms with E-state index in [1.54, 1.807) is 12.1 Å². The Labute approximate surface area is 163 Å². The second-order valence-corrected chi connectivity index (χ2v) is 7.31. The van der Waals surface area contributed by atoms with Gasteiger partial charge in [0.25, 0.3) is 0 Å². The fourth-order valence-electron chi connectivity index (χ4n) is 3.78. The molecule has 2 aromatic rings. The topological polar surface area (TPSA) is 111 Å². The Morgan fingerprint density at radius 3 is 2.79 bits per heavy atom. The minimum atomic E-state index is -1.11. The summed E-state index contributed by atoms with van der Waals surface area (Å²) in [7, 11) is 0. The number of hydrogen-bond donors (Lipinski definition) is 5. The van der Waals surface area contributed by atoms with Gasteiger partial charge in [0.1, 0.15) is 30.3 Å². The standard InChI is InChI=1S/C21H25NO6/c23-11-20-21(26)17(25)10-19(28-20)13-2-3-16(24)14(9-13)7-12-1-4-18-15(8-12)22-5-6-27-18/h1-4,8-9,17,19-26H,5-7,10-11H2. The van der Waals surface area contributed by atoms with Crippen LogP contribution in [0.4, 0.5) is 5.69 Å². The number of nitrogens with one attached hydrogen (secondary N) is 1. The second-order valence-electron chi connectivity index (χ2n) is 7.31. The van der Waals surface area contributed by atoms with Crippen LogP contribution in [0.5, 0.6) is 11.5 Å². The molecule has 1 saturated heterocycles. The van der Waals surface area contributed by atoms with Crippen molar-refractivity contribution in [3.05, 3.63) is 53.1 Å². The number of ether oxygens (including phenoxy) is 2. The van der Waals surface area contributed by atoms with Crippen molar-refractivity contribution in [1.29, 1.82) is 0 Å². The smallest absolute Gasteiger partial charge is 0.142 e. The Hall–Kier alpha value is -2.32. The lowest BCUT2D eigenvalue weighted by Crippen LogP contribution is -2.47. The third kappa shape index (κ3) is 3.79. The zero-order valence-corrected chi connectivity index (χ0v) is 15.4. The number of anilines is 1. The summed E-state index contributed by atoms with van der Waals surface area (Å²) in [6.07, 6.45) is -2.63. The van der Waals surface area contributed by atoms with E-state index >= 15 is 0 Å². The van der Waals surface area contributed by atoms with E-state index in [0.29, 0.717) is 13.0 Å². The van der Waals surface area contributed by atoms with Gasteiger partial charge in [-0.15, -0.1) is 0 Å². The summed E-state index contributed by atoms with van der Waals surface area (Å²) < 4.78 is 11.4. The number of benzene rings is 2. The van der Waals surface area contributed by atoms with Gasteiger partial charge >= 0.3 is 0 Å². The Morgan fingerprint density at radius 2 is 1.96 bits per heavy atom. The van der Waals surface area contributed by atoms with Gasteiger partial charge in [-0.1, -0.05) is 12.1 Å². The Kier molecular flexibility index (Phi) is 5.41. The van der Waals surface area contributed by atoms with Gasteiger partial charge in [0.2, 0.25) is 0 Å². The number of phenolic OH excluding ortho intramolecular Hbond substituents is 1. The maximum absolute atomic E-state index is 10.3. The SMILES string of the molecule is OCC1OC(c2ccc(O)c(Cc3ccc4c(c3)NCCO4)c2)CC(O)C1O. The van der Waals surface area contributed by atoms with Gasteiger partial charge in [-0.05, 0) is 41.0 Å². The average molecular weight is 387 g/mol. The Morgan fingerprint density at radius 1 is 1.11 bits per heavy atom. The highest BCUT2D eigenvalue weighted by Gasteiger charge is 2.37. The van der Waals surface area contributed by atoms with Crippen LogP contribution in [0.2, 0.25) is 0 Å². The minimum Gasteiger partial charge on any atom is -0.508 e. The normalized spacial score (nSPS) is 26.8. The van der Waals surface area contributed by atoms with Crippen LogP contribution < -0.4 is 10.1 Å². The largest absolute Gasteiger partial charge is 0.508 e. The number of aliphatic hydroxyl groups is 3. The summed E-state index contributed by atoms with van der Waals surface area (Å²) in [5.74, 6) is 1.01. The molecule has 1 fully saturated rings. The minimum absolute atomic E-state index is 0.181. The van der Waals surface area contributed by atoms with Crippen LogP contribution in [-0.4, -0.2) is 58.5 Å². The zero-order chi connectivity index (χ0) is 19.7. The molecular formula is C21H25NO6. The van der Waals surface area contributed by atoms with E-state index in [1.807, 2.05) is 24.3 Å². The van der Waals surface area contributed by atoms with Crippen LogP contribution in [0, 0.1) is 0 Å². The number of rotatable bonds is 4. The highest BCUT2D eigenvalue weighted by atomic mass is 16.5. The van der Waals surface area contributed by atoms with Crippen LogP contribution in [0.25, 0.3) is 0 Å². The molecule has 7 nitrogen and oxygen atoms in total. The summed E-state index contributed by atoms with van der Waals surface area (Å²) in [4.78, 5) is 0. The molecular weight excluding hydrogens is 362 g/mol. The van der Waals surface area contributed by atoms with Gasteiger partial charge < -0.3 is 35.2 Å². The average Bonchev–Trinajstić information content (AvgIpc) is 2.71. The zero-order valence-electron chi connectivity index (χ0n) is 15.4. The van der Waals surface area contributed by atoms with Gasteiger partial charge in [0.15, 0.2) is 0 Å². The molecule has 4 atom stereocenters. The van der Waals surface area contributed by atoms with Gasteiger partial charge in [-0.3, -0.25) is 0 Å². The van der Waals surface area contributed by atoms with Crippen molar-refractivity contribution in [3.8, 4) is 11.5 Å². The highest BCUT2D eigenvalue weighted by molar-refractivity contribution is 5.60. The predicted molar refractivity (Wildman–Crippen MR) is 103 cm³/mol. The van der Waals surface area contributed by atoms with E-state index in [9.17, 15) is 20.4 Å². The van der Waals surface area contributed by atoms with Crippen LogP contribution in [0.15, 0.2) is 36.4 Å². The number of aliphatic hydroxyl groups excluding tert-OH is 3. The van der Waals surface area contributed by atoms with Crippen molar-refractivity contribution in [2.45, 2.75) is 37.3 Å². The molecule has 0 aromatic heterocycles. The molecule has 150 valence electrons. The fraction of sp³-hybridized carbons (Fsp3) is 0.429. The molecule has 0 spiro atoms. The third-order valence-electron chi connectivity index (χ3n) is 5.34. The summed E-state index contributed by atoms with van der Waals surface area (Å²) in [6.45, 7) is 1.03.